The highest BCUT2D eigenvalue weighted by molar-refractivity contribution is 5.93. The van der Waals surface area contributed by atoms with Gasteiger partial charge in [-0.05, 0) is 19.4 Å². The van der Waals surface area contributed by atoms with Crippen molar-refractivity contribution in [1.82, 2.24) is 20.0 Å². The molecule has 0 fully saturated rings. The molecule has 136 valence electrons. The summed E-state index contributed by atoms with van der Waals surface area (Å²) < 4.78 is 6.77. The van der Waals surface area contributed by atoms with E-state index in [0.29, 0.717) is 29.2 Å². The molecule has 0 saturated carbocycles. The van der Waals surface area contributed by atoms with Crippen LogP contribution in [-0.4, -0.2) is 26.7 Å². The number of aryl methyl sites for hydroxylation is 1. The Balaban J connectivity index is 2.07. The van der Waals surface area contributed by atoms with Gasteiger partial charge in [-0.3, -0.25) is 14.2 Å². The fourth-order valence-corrected chi connectivity index (χ4v) is 2.75. The van der Waals surface area contributed by atoms with Gasteiger partial charge in [0.2, 0.25) is 5.91 Å². The molecule has 26 heavy (non-hydrogen) atoms. The third-order valence-electron chi connectivity index (χ3n) is 4.36. The summed E-state index contributed by atoms with van der Waals surface area (Å²) in [6.45, 7) is 5.83. The van der Waals surface area contributed by atoms with Gasteiger partial charge in [0.15, 0.2) is 5.82 Å². The third-order valence-corrected chi connectivity index (χ3v) is 4.36. The average molecular weight is 354 g/mol. The van der Waals surface area contributed by atoms with Crippen LogP contribution in [0.15, 0.2) is 39.6 Å². The van der Waals surface area contributed by atoms with Crippen molar-refractivity contribution < 1.29 is 9.32 Å². The van der Waals surface area contributed by atoms with Gasteiger partial charge < -0.3 is 9.84 Å². The predicted molar refractivity (Wildman–Crippen MR) is 98.8 cm³/mol. The Hall–Kier alpha value is -2.96. The molecule has 0 bridgehead atoms. The van der Waals surface area contributed by atoms with E-state index in [1.165, 1.54) is 10.6 Å². The van der Waals surface area contributed by atoms with Crippen molar-refractivity contribution in [3.05, 3.63) is 46.5 Å². The number of hydrogen-bond donors (Lipinski definition) is 1. The molecule has 1 aromatic carbocycles. The lowest BCUT2D eigenvalue weighted by molar-refractivity contribution is -0.122. The predicted octanol–water partition coefficient (Wildman–Crippen LogP) is 2.53. The number of aromatic nitrogens is 3. The van der Waals surface area contributed by atoms with Crippen LogP contribution in [0.5, 0.6) is 0 Å². The van der Waals surface area contributed by atoms with Gasteiger partial charge >= 0.3 is 0 Å². The molecule has 7 heteroatoms. The first-order valence-corrected chi connectivity index (χ1v) is 8.78. The van der Waals surface area contributed by atoms with Crippen molar-refractivity contribution >= 4 is 16.8 Å². The van der Waals surface area contributed by atoms with Gasteiger partial charge in [0.1, 0.15) is 6.54 Å². The van der Waals surface area contributed by atoms with Crippen molar-refractivity contribution in [3.63, 3.8) is 0 Å². The molecular formula is C19H22N4O3. The molecule has 1 N–H and O–H groups in total. The first-order valence-electron chi connectivity index (χ1n) is 8.78. The minimum atomic E-state index is -0.283. The zero-order chi connectivity index (χ0) is 18.7. The van der Waals surface area contributed by atoms with Crippen LogP contribution in [0.3, 0.4) is 0 Å². The number of hydrogen-bond acceptors (Lipinski definition) is 5. The summed E-state index contributed by atoms with van der Waals surface area (Å²) in [7, 11) is 0. The Morgan fingerprint density at radius 1 is 1.31 bits per heavy atom. The van der Waals surface area contributed by atoms with E-state index in [9.17, 15) is 9.59 Å². The largest absolute Gasteiger partial charge is 0.352 e. The smallest absolute Gasteiger partial charge is 0.258 e. The SMILES string of the molecule is CCc1noc(-c2cc(=O)n(CC(=O)NC(C)CC)c3ccccc23)n1. The second-order valence-electron chi connectivity index (χ2n) is 6.25. The Kier molecular flexibility index (Phi) is 5.16. The molecule has 0 aliphatic carbocycles. The summed E-state index contributed by atoms with van der Waals surface area (Å²) in [4.78, 5) is 29.3. The monoisotopic (exact) mass is 354 g/mol. The molecule has 7 nitrogen and oxygen atoms in total. The van der Waals surface area contributed by atoms with Crippen molar-refractivity contribution in [2.75, 3.05) is 0 Å². The zero-order valence-corrected chi connectivity index (χ0v) is 15.2. The van der Waals surface area contributed by atoms with Crippen LogP contribution in [0.1, 0.15) is 33.0 Å². The standard InChI is InChI=1S/C19H22N4O3/c1-4-12(3)20-17(24)11-23-15-9-7-6-8-13(15)14(10-18(23)25)19-21-16(5-2)22-26-19/h6-10,12H,4-5,11H2,1-3H3,(H,20,24). The number of amides is 1. The number of para-hydroxylation sites is 1. The molecule has 0 aliphatic rings. The fourth-order valence-electron chi connectivity index (χ4n) is 2.75. The molecule has 0 radical (unpaired) electrons. The van der Waals surface area contributed by atoms with Crippen molar-refractivity contribution in [2.24, 2.45) is 0 Å². The van der Waals surface area contributed by atoms with Gasteiger partial charge in [-0.15, -0.1) is 0 Å². The van der Waals surface area contributed by atoms with Crippen LogP contribution in [0.2, 0.25) is 0 Å². The Labute approximate surface area is 151 Å². The molecular weight excluding hydrogens is 332 g/mol. The highest BCUT2D eigenvalue weighted by Crippen LogP contribution is 2.26. The van der Waals surface area contributed by atoms with E-state index in [1.54, 1.807) is 0 Å². The normalized spacial score (nSPS) is 12.3. The maximum atomic E-state index is 12.7. The molecule has 0 spiro atoms. The number of pyridine rings is 1. The van der Waals surface area contributed by atoms with Gasteiger partial charge in [-0.1, -0.05) is 37.2 Å². The Morgan fingerprint density at radius 2 is 2.08 bits per heavy atom. The van der Waals surface area contributed by atoms with E-state index in [-0.39, 0.29) is 24.1 Å². The molecule has 2 heterocycles. The van der Waals surface area contributed by atoms with Crippen LogP contribution >= 0.6 is 0 Å². The van der Waals surface area contributed by atoms with Crippen molar-refractivity contribution in [1.29, 1.82) is 0 Å². The highest BCUT2D eigenvalue weighted by atomic mass is 16.5. The maximum absolute atomic E-state index is 12.7. The van der Waals surface area contributed by atoms with E-state index >= 15 is 0 Å². The molecule has 1 atom stereocenters. The Bertz CT molecular complexity index is 990. The summed E-state index contributed by atoms with van der Waals surface area (Å²) in [5, 5.41) is 7.58. The van der Waals surface area contributed by atoms with E-state index in [1.807, 2.05) is 45.0 Å². The molecule has 1 amide bonds. The number of nitrogens with zero attached hydrogens (tertiary/aromatic N) is 3. The molecule has 1 unspecified atom stereocenters. The second-order valence-corrected chi connectivity index (χ2v) is 6.25. The number of carbonyl (C=O) groups is 1. The first kappa shape index (κ1) is 17.8. The van der Waals surface area contributed by atoms with Crippen LogP contribution in [0, 0.1) is 0 Å². The summed E-state index contributed by atoms with van der Waals surface area (Å²) in [6, 6.07) is 8.91. The average Bonchev–Trinajstić information content (AvgIpc) is 3.12. The van der Waals surface area contributed by atoms with Crippen LogP contribution in [0.25, 0.3) is 22.4 Å². The second kappa shape index (κ2) is 7.51. The van der Waals surface area contributed by atoms with Gasteiger partial charge in [-0.2, -0.15) is 4.98 Å². The fraction of sp³-hybridized carbons (Fsp3) is 0.368. The quantitative estimate of drug-likeness (QED) is 0.735. The van der Waals surface area contributed by atoms with E-state index in [2.05, 4.69) is 15.5 Å². The Morgan fingerprint density at radius 3 is 2.77 bits per heavy atom. The van der Waals surface area contributed by atoms with Gasteiger partial charge in [0, 0.05) is 23.9 Å². The maximum Gasteiger partial charge on any atom is 0.258 e. The lowest BCUT2D eigenvalue weighted by Crippen LogP contribution is -2.37. The molecule has 0 aliphatic heterocycles. The molecule has 3 rings (SSSR count). The minimum Gasteiger partial charge on any atom is -0.352 e. The summed E-state index contributed by atoms with van der Waals surface area (Å²) in [5.41, 5.74) is 0.955. The highest BCUT2D eigenvalue weighted by Gasteiger charge is 2.17. The summed E-state index contributed by atoms with van der Waals surface area (Å²) >= 11 is 0. The molecule has 2 aromatic heterocycles. The first-order chi connectivity index (χ1) is 12.5. The van der Waals surface area contributed by atoms with E-state index in [0.717, 1.165) is 11.8 Å². The summed E-state index contributed by atoms with van der Waals surface area (Å²) in [5.74, 6) is 0.706. The zero-order valence-electron chi connectivity index (χ0n) is 15.2. The van der Waals surface area contributed by atoms with Gasteiger partial charge in [-0.25, -0.2) is 0 Å². The molecule has 0 saturated heterocycles. The topological polar surface area (TPSA) is 90.0 Å². The van der Waals surface area contributed by atoms with Crippen molar-refractivity contribution in [3.8, 4) is 11.5 Å². The van der Waals surface area contributed by atoms with E-state index in [4.69, 9.17) is 4.52 Å². The number of fused-ring (bicyclic) bond motifs is 1. The minimum absolute atomic E-state index is 0.0337. The lowest BCUT2D eigenvalue weighted by atomic mass is 10.1. The van der Waals surface area contributed by atoms with Crippen molar-refractivity contribution in [2.45, 2.75) is 46.2 Å². The molecule has 3 aromatic rings. The summed E-state index contributed by atoms with van der Waals surface area (Å²) in [6.07, 6.45) is 1.48. The number of nitrogens with one attached hydrogen (secondary N) is 1. The van der Waals surface area contributed by atoms with Crippen LogP contribution in [-0.2, 0) is 17.8 Å². The number of benzene rings is 1. The van der Waals surface area contributed by atoms with Crippen LogP contribution in [0.4, 0.5) is 0 Å². The van der Waals surface area contributed by atoms with E-state index < -0.39 is 0 Å². The van der Waals surface area contributed by atoms with Gasteiger partial charge in [0.25, 0.3) is 11.4 Å². The van der Waals surface area contributed by atoms with Gasteiger partial charge in [0.05, 0.1) is 11.1 Å². The van der Waals surface area contributed by atoms with Crippen LogP contribution < -0.4 is 10.9 Å². The third kappa shape index (κ3) is 3.51. The number of rotatable bonds is 6. The lowest BCUT2D eigenvalue weighted by Gasteiger charge is -2.14. The number of carbonyl (C=O) groups excluding carboxylic acids is 1.